The number of hydrogen-bond acceptors (Lipinski definition) is 2. The minimum atomic E-state index is 0.375. The van der Waals surface area contributed by atoms with E-state index in [1.54, 1.807) is 0 Å². The highest BCUT2D eigenvalue weighted by molar-refractivity contribution is 5.82. The molecule has 3 nitrogen and oxygen atoms in total. The van der Waals surface area contributed by atoms with Crippen molar-refractivity contribution in [3.05, 3.63) is 0 Å². The molecule has 3 saturated carbocycles. The van der Waals surface area contributed by atoms with E-state index in [4.69, 9.17) is 0 Å². The zero-order valence-corrected chi connectivity index (χ0v) is 11.0. The van der Waals surface area contributed by atoms with Crippen LogP contribution in [0.15, 0.2) is 0 Å². The fourth-order valence-corrected chi connectivity index (χ4v) is 5.17. The fourth-order valence-electron chi connectivity index (χ4n) is 5.17. The molecule has 0 radical (unpaired) electrons. The summed E-state index contributed by atoms with van der Waals surface area (Å²) in [5, 5.41) is 6.68. The molecule has 1 heterocycles. The second kappa shape index (κ2) is 4.22. The lowest BCUT2D eigenvalue weighted by Gasteiger charge is -2.12. The van der Waals surface area contributed by atoms with Gasteiger partial charge >= 0.3 is 0 Å². The third-order valence-electron chi connectivity index (χ3n) is 5.99. The molecule has 4 aliphatic rings. The van der Waals surface area contributed by atoms with E-state index >= 15 is 0 Å². The van der Waals surface area contributed by atoms with Gasteiger partial charge in [-0.15, -0.1) is 0 Å². The van der Waals surface area contributed by atoms with Crippen molar-refractivity contribution in [2.45, 2.75) is 44.6 Å². The number of nitrogens with one attached hydrogen (secondary N) is 2. The van der Waals surface area contributed by atoms with E-state index in [2.05, 4.69) is 10.6 Å². The Balaban J connectivity index is 1.23. The molecule has 2 bridgehead atoms. The summed E-state index contributed by atoms with van der Waals surface area (Å²) in [4.78, 5) is 12.2. The van der Waals surface area contributed by atoms with Crippen LogP contribution in [-0.4, -0.2) is 25.0 Å². The summed E-state index contributed by atoms with van der Waals surface area (Å²) >= 11 is 0. The maximum Gasteiger partial charge on any atom is 0.223 e. The summed E-state index contributed by atoms with van der Waals surface area (Å²) in [6, 6.07) is 0.653. The summed E-state index contributed by atoms with van der Waals surface area (Å²) in [5.74, 6) is 4.17. The molecule has 18 heavy (non-hydrogen) atoms. The highest BCUT2D eigenvalue weighted by Gasteiger charge is 2.67. The number of carbonyl (C=O) groups excluding carboxylic acids is 1. The molecule has 0 aromatic carbocycles. The first-order valence-corrected chi connectivity index (χ1v) is 7.85. The van der Waals surface area contributed by atoms with Crippen molar-refractivity contribution >= 4 is 5.91 Å². The quantitative estimate of drug-likeness (QED) is 0.792. The summed E-state index contributed by atoms with van der Waals surface area (Å²) in [6.07, 6.45) is 7.94. The molecule has 5 atom stereocenters. The summed E-state index contributed by atoms with van der Waals surface area (Å²) < 4.78 is 0. The number of carbonyl (C=O) groups is 1. The van der Waals surface area contributed by atoms with E-state index in [0.717, 1.165) is 43.2 Å². The van der Waals surface area contributed by atoms with Crippen LogP contribution in [0.25, 0.3) is 0 Å². The summed E-state index contributed by atoms with van der Waals surface area (Å²) in [7, 11) is 0. The molecule has 0 aromatic rings. The first-order valence-electron chi connectivity index (χ1n) is 7.85. The second-order valence-corrected chi connectivity index (χ2v) is 6.89. The van der Waals surface area contributed by atoms with Gasteiger partial charge in [0.15, 0.2) is 0 Å². The van der Waals surface area contributed by atoms with Gasteiger partial charge in [0, 0.05) is 18.5 Å². The second-order valence-electron chi connectivity index (χ2n) is 6.89. The van der Waals surface area contributed by atoms with Gasteiger partial charge in [-0.1, -0.05) is 0 Å². The molecular formula is C15H24N2O. The van der Waals surface area contributed by atoms with Gasteiger partial charge < -0.3 is 10.6 Å². The molecule has 4 fully saturated rings. The van der Waals surface area contributed by atoms with Crippen molar-refractivity contribution < 1.29 is 4.79 Å². The molecule has 0 aromatic heterocycles. The highest BCUT2D eigenvalue weighted by atomic mass is 16.2. The van der Waals surface area contributed by atoms with Crippen molar-refractivity contribution in [2.24, 2.45) is 29.6 Å². The van der Waals surface area contributed by atoms with Gasteiger partial charge in [0.25, 0.3) is 0 Å². The van der Waals surface area contributed by atoms with E-state index in [1.807, 2.05) is 0 Å². The highest BCUT2D eigenvalue weighted by Crippen LogP contribution is 2.69. The monoisotopic (exact) mass is 248 g/mol. The van der Waals surface area contributed by atoms with Gasteiger partial charge in [-0.2, -0.15) is 0 Å². The van der Waals surface area contributed by atoms with Crippen molar-refractivity contribution in [2.75, 3.05) is 13.1 Å². The van der Waals surface area contributed by atoms with E-state index in [0.29, 0.717) is 17.9 Å². The average Bonchev–Trinajstić information content (AvgIpc) is 2.80. The van der Waals surface area contributed by atoms with Crippen molar-refractivity contribution in [1.29, 1.82) is 0 Å². The first kappa shape index (κ1) is 11.3. The Morgan fingerprint density at radius 3 is 2.61 bits per heavy atom. The van der Waals surface area contributed by atoms with Gasteiger partial charge in [-0.05, 0) is 68.7 Å². The van der Waals surface area contributed by atoms with Crippen LogP contribution in [0.1, 0.15) is 38.5 Å². The molecule has 4 unspecified atom stereocenters. The van der Waals surface area contributed by atoms with Gasteiger partial charge in [0.2, 0.25) is 5.91 Å². The van der Waals surface area contributed by atoms with E-state index in [1.165, 1.54) is 32.1 Å². The molecule has 100 valence electrons. The lowest BCUT2D eigenvalue weighted by molar-refractivity contribution is -0.123. The van der Waals surface area contributed by atoms with Crippen LogP contribution >= 0.6 is 0 Å². The standard InChI is InChI=1S/C15H24N2O/c18-15(17-7-5-11-2-1-6-16-11)14-12-9-3-4-10(8-9)13(12)14/h9-14,16H,1-8H2,(H,17,18)/t9?,10?,11-,12?,13?,14?/m0/s1. The fraction of sp³-hybridized carbons (Fsp3) is 0.933. The maximum atomic E-state index is 12.2. The average molecular weight is 248 g/mol. The third-order valence-corrected chi connectivity index (χ3v) is 5.99. The number of amides is 1. The topological polar surface area (TPSA) is 41.1 Å². The molecule has 1 amide bonds. The predicted octanol–water partition coefficient (Wildman–Crippen LogP) is 1.54. The summed E-state index contributed by atoms with van der Waals surface area (Å²) in [6.45, 7) is 2.04. The Hall–Kier alpha value is -0.570. The van der Waals surface area contributed by atoms with Gasteiger partial charge in [-0.3, -0.25) is 4.79 Å². The Bertz CT molecular complexity index is 334. The normalized spacial score (nSPS) is 48.2. The SMILES string of the molecule is O=C(NCC[C@@H]1CCCN1)C1C2C3CCC(C3)C12. The number of hydrogen-bond donors (Lipinski definition) is 2. The Labute approximate surface area is 109 Å². The zero-order valence-electron chi connectivity index (χ0n) is 11.0. The largest absolute Gasteiger partial charge is 0.356 e. The number of rotatable bonds is 4. The van der Waals surface area contributed by atoms with Crippen LogP contribution in [0.2, 0.25) is 0 Å². The van der Waals surface area contributed by atoms with Crippen molar-refractivity contribution in [1.82, 2.24) is 10.6 Å². The van der Waals surface area contributed by atoms with Gasteiger partial charge in [0.05, 0.1) is 0 Å². The van der Waals surface area contributed by atoms with Crippen LogP contribution < -0.4 is 10.6 Å². The van der Waals surface area contributed by atoms with E-state index in [9.17, 15) is 4.79 Å². The number of fused-ring (bicyclic) bond motifs is 5. The van der Waals surface area contributed by atoms with E-state index < -0.39 is 0 Å². The Morgan fingerprint density at radius 1 is 1.17 bits per heavy atom. The smallest absolute Gasteiger partial charge is 0.223 e. The van der Waals surface area contributed by atoms with Gasteiger partial charge in [-0.25, -0.2) is 0 Å². The van der Waals surface area contributed by atoms with Gasteiger partial charge in [0.1, 0.15) is 0 Å². The van der Waals surface area contributed by atoms with Crippen LogP contribution in [-0.2, 0) is 4.79 Å². The van der Waals surface area contributed by atoms with E-state index in [-0.39, 0.29) is 0 Å². The predicted molar refractivity (Wildman–Crippen MR) is 70.0 cm³/mol. The molecule has 3 aliphatic carbocycles. The maximum absolute atomic E-state index is 12.2. The Kier molecular flexibility index (Phi) is 2.65. The lowest BCUT2D eigenvalue weighted by Crippen LogP contribution is -2.32. The summed E-state index contributed by atoms with van der Waals surface area (Å²) in [5.41, 5.74) is 0. The molecular weight excluding hydrogens is 224 g/mol. The lowest BCUT2D eigenvalue weighted by atomic mass is 10.0. The molecule has 4 rings (SSSR count). The molecule has 3 heteroatoms. The van der Waals surface area contributed by atoms with Crippen LogP contribution in [0.5, 0.6) is 0 Å². The third kappa shape index (κ3) is 1.70. The molecule has 1 saturated heterocycles. The van der Waals surface area contributed by atoms with Crippen LogP contribution in [0.3, 0.4) is 0 Å². The van der Waals surface area contributed by atoms with Crippen molar-refractivity contribution in [3.8, 4) is 0 Å². The minimum Gasteiger partial charge on any atom is -0.356 e. The van der Waals surface area contributed by atoms with Crippen molar-refractivity contribution in [3.63, 3.8) is 0 Å². The zero-order chi connectivity index (χ0) is 12.1. The minimum absolute atomic E-state index is 0.375. The van der Waals surface area contributed by atoms with Crippen LogP contribution in [0, 0.1) is 29.6 Å². The molecule has 0 spiro atoms. The molecule has 2 N–H and O–H groups in total. The first-order chi connectivity index (χ1) is 8.84. The van der Waals surface area contributed by atoms with Crippen LogP contribution in [0.4, 0.5) is 0 Å². The molecule has 1 aliphatic heterocycles. The Morgan fingerprint density at radius 2 is 1.94 bits per heavy atom.